The second kappa shape index (κ2) is 5.66. The quantitative estimate of drug-likeness (QED) is 0.817. The van der Waals surface area contributed by atoms with Crippen LogP contribution in [-0.2, 0) is 21.0 Å². The van der Waals surface area contributed by atoms with Gasteiger partial charge in [0.1, 0.15) is 10.7 Å². The molecule has 1 aromatic carbocycles. The number of rotatable bonds is 3. The van der Waals surface area contributed by atoms with Gasteiger partial charge < -0.3 is 5.11 Å². The zero-order valence-electron chi connectivity index (χ0n) is 12.9. The molecule has 138 valence electrons. The molecule has 1 aromatic rings. The SMILES string of the molecule is O=C(O)[C@@]12CCC[C@H]1CN(S(=O)(=O)c1ccc(C(F)(F)F)cc1F)C2. The molecule has 1 saturated carbocycles. The third kappa shape index (κ3) is 2.80. The number of aliphatic carboxylic acids is 1. The Labute approximate surface area is 141 Å². The Balaban J connectivity index is 1.95. The Hall–Kier alpha value is -1.68. The summed E-state index contributed by atoms with van der Waals surface area (Å²) < 4.78 is 78.0. The van der Waals surface area contributed by atoms with Crippen LogP contribution >= 0.6 is 0 Å². The molecule has 2 atom stereocenters. The maximum atomic E-state index is 14.1. The Morgan fingerprint density at radius 1 is 1.32 bits per heavy atom. The zero-order valence-corrected chi connectivity index (χ0v) is 13.7. The molecule has 25 heavy (non-hydrogen) atoms. The van der Waals surface area contributed by atoms with Crippen LogP contribution in [0, 0.1) is 17.2 Å². The van der Waals surface area contributed by atoms with E-state index >= 15 is 0 Å². The minimum atomic E-state index is -4.79. The van der Waals surface area contributed by atoms with Crippen LogP contribution in [-0.4, -0.2) is 36.9 Å². The van der Waals surface area contributed by atoms with Crippen molar-refractivity contribution in [3.8, 4) is 0 Å². The minimum Gasteiger partial charge on any atom is -0.481 e. The summed E-state index contributed by atoms with van der Waals surface area (Å²) in [6.07, 6.45) is -3.25. The fraction of sp³-hybridized carbons (Fsp3) is 0.533. The van der Waals surface area contributed by atoms with E-state index in [9.17, 15) is 35.9 Å². The lowest BCUT2D eigenvalue weighted by molar-refractivity contribution is -0.149. The van der Waals surface area contributed by atoms with Gasteiger partial charge in [0.15, 0.2) is 0 Å². The van der Waals surface area contributed by atoms with Gasteiger partial charge >= 0.3 is 12.1 Å². The molecule has 5 nitrogen and oxygen atoms in total. The van der Waals surface area contributed by atoms with Gasteiger partial charge in [0, 0.05) is 13.1 Å². The predicted molar refractivity (Wildman–Crippen MR) is 77.6 cm³/mol. The normalized spacial score (nSPS) is 27.4. The molecule has 0 radical (unpaired) electrons. The van der Waals surface area contributed by atoms with Crippen LogP contribution in [0.25, 0.3) is 0 Å². The van der Waals surface area contributed by atoms with Crippen LogP contribution < -0.4 is 0 Å². The van der Waals surface area contributed by atoms with Gasteiger partial charge in [-0.2, -0.15) is 17.5 Å². The summed E-state index contributed by atoms with van der Waals surface area (Å²) in [6, 6.07) is 1.21. The number of carbonyl (C=O) groups is 1. The number of benzene rings is 1. The fourth-order valence-corrected chi connectivity index (χ4v) is 5.40. The number of sulfonamides is 1. The Morgan fingerprint density at radius 2 is 2.00 bits per heavy atom. The lowest BCUT2D eigenvalue weighted by Crippen LogP contribution is -2.37. The molecule has 10 heteroatoms. The van der Waals surface area contributed by atoms with Crippen molar-refractivity contribution >= 4 is 16.0 Å². The minimum absolute atomic E-state index is 0.0743. The van der Waals surface area contributed by atoms with Crippen molar-refractivity contribution in [2.24, 2.45) is 11.3 Å². The molecule has 1 aliphatic heterocycles. The van der Waals surface area contributed by atoms with E-state index in [1.807, 2.05) is 0 Å². The third-order valence-corrected chi connectivity index (χ3v) is 6.99. The molecule has 0 aromatic heterocycles. The summed E-state index contributed by atoms with van der Waals surface area (Å²) >= 11 is 0. The molecular weight excluding hydrogens is 366 g/mol. The number of carboxylic acid groups (broad SMARTS) is 1. The summed E-state index contributed by atoms with van der Waals surface area (Å²) in [4.78, 5) is 10.7. The molecule has 0 spiro atoms. The first-order valence-electron chi connectivity index (χ1n) is 7.59. The van der Waals surface area contributed by atoms with Crippen molar-refractivity contribution < 1.29 is 35.9 Å². The molecule has 3 rings (SSSR count). The Morgan fingerprint density at radius 3 is 2.52 bits per heavy atom. The van der Waals surface area contributed by atoms with E-state index in [1.165, 1.54) is 0 Å². The molecule has 1 aliphatic carbocycles. The average molecular weight is 381 g/mol. The summed E-state index contributed by atoms with van der Waals surface area (Å²) in [5.74, 6) is -2.98. The number of hydrogen-bond donors (Lipinski definition) is 1. The number of carboxylic acids is 1. The van der Waals surface area contributed by atoms with E-state index < -0.39 is 43.9 Å². The van der Waals surface area contributed by atoms with Gasteiger partial charge in [0.2, 0.25) is 10.0 Å². The first-order chi connectivity index (χ1) is 11.5. The highest BCUT2D eigenvalue weighted by molar-refractivity contribution is 7.89. The van der Waals surface area contributed by atoms with Gasteiger partial charge in [-0.1, -0.05) is 6.42 Å². The molecule has 1 N–H and O–H groups in total. The van der Waals surface area contributed by atoms with E-state index in [0.29, 0.717) is 31.4 Å². The molecule has 1 heterocycles. The topological polar surface area (TPSA) is 74.7 Å². The second-order valence-corrected chi connectivity index (χ2v) is 8.40. The van der Waals surface area contributed by atoms with E-state index in [2.05, 4.69) is 0 Å². The van der Waals surface area contributed by atoms with Crippen LogP contribution in [0.5, 0.6) is 0 Å². The van der Waals surface area contributed by atoms with Gasteiger partial charge in [-0.3, -0.25) is 4.79 Å². The highest BCUT2D eigenvalue weighted by Crippen LogP contribution is 2.50. The molecule has 0 bridgehead atoms. The van der Waals surface area contributed by atoms with Crippen molar-refractivity contribution in [2.75, 3.05) is 13.1 Å². The van der Waals surface area contributed by atoms with Crippen LogP contribution in [0.3, 0.4) is 0 Å². The standard InChI is InChI=1S/C15H15F4NO4S/c16-11-6-9(15(17,18)19)3-4-12(11)25(23,24)20-7-10-2-1-5-14(10,8-20)13(21)22/h3-4,6,10H,1-2,5,7-8H2,(H,21,22)/t10-,14+/m0/s1. The van der Waals surface area contributed by atoms with Gasteiger partial charge in [0.25, 0.3) is 0 Å². The lowest BCUT2D eigenvalue weighted by atomic mass is 9.81. The van der Waals surface area contributed by atoms with Crippen molar-refractivity contribution in [3.63, 3.8) is 0 Å². The summed E-state index contributed by atoms with van der Waals surface area (Å²) in [5, 5.41) is 9.49. The van der Waals surface area contributed by atoms with Crippen LogP contribution in [0.2, 0.25) is 0 Å². The summed E-state index contributed by atoms with van der Waals surface area (Å²) in [6.45, 7) is -0.370. The lowest BCUT2D eigenvalue weighted by Gasteiger charge is -2.23. The largest absolute Gasteiger partial charge is 0.481 e. The number of nitrogens with zero attached hydrogens (tertiary/aromatic N) is 1. The van der Waals surface area contributed by atoms with Gasteiger partial charge in [-0.25, -0.2) is 12.8 Å². The fourth-order valence-electron chi connectivity index (χ4n) is 3.80. The van der Waals surface area contributed by atoms with E-state index in [0.717, 1.165) is 4.31 Å². The highest BCUT2D eigenvalue weighted by atomic mass is 32.2. The van der Waals surface area contributed by atoms with Crippen molar-refractivity contribution in [1.29, 1.82) is 0 Å². The Bertz CT molecular complexity index is 823. The molecule has 0 amide bonds. The number of alkyl halides is 3. The van der Waals surface area contributed by atoms with Gasteiger partial charge in [0.05, 0.1) is 11.0 Å². The van der Waals surface area contributed by atoms with Gasteiger partial charge in [-0.15, -0.1) is 0 Å². The maximum Gasteiger partial charge on any atom is 0.416 e. The number of fused-ring (bicyclic) bond motifs is 1. The average Bonchev–Trinajstić information content (AvgIpc) is 3.03. The highest BCUT2D eigenvalue weighted by Gasteiger charge is 2.57. The van der Waals surface area contributed by atoms with Crippen molar-refractivity contribution in [3.05, 3.63) is 29.6 Å². The van der Waals surface area contributed by atoms with Crippen LogP contribution in [0.15, 0.2) is 23.1 Å². The molecule has 0 unspecified atom stereocenters. The predicted octanol–water partition coefficient (Wildman–Crippen LogP) is 2.72. The molecular formula is C15H15F4NO4S. The summed E-state index contributed by atoms with van der Waals surface area (Å²) in [5.41, 5.74) is -2.49. The third-order valence-electron chi connectivity index (χ3n) is 5.14. The zero-order chi connectivity index (χ0) is 18.6. The maximum absolute atomic E-state index is 14.1. The van der Waals surface area contributed by atoms with Gasteiger partial charge in [-0.05, 0) is 37.0 Å². The summed E-state index contributed by atoms with van der Waals surface area (Å²) in [7, 11) is -4.42. The molecule has 2 aliphatic rings. The molecule has 1 saturated heterocycles. The number of hydrogen-bond acceptors (Lipinski definition) is 3. The van der Waals surface area contributed by atoms with Crippen molar-refractivity contribution in [1.82, 2.24) is 4.31 Å². The first kappa shape index (κ1) is 18.1. The van der Waals surface area contributed by atoms with E-state index in [-0.39, 0.29) is 25.1 Å². The Kier molecular flexibility index (Phi) is 4.11. The van der Waals surface area contributed by atoms with E-state index in [1.54, 1.807) is 0 Å². The van der Waals surface area contributed by atoms with Crippen LogP contribution in [0.4, 0.5) is 17.6 Å². The number of halogens is 4. The first-order valence-corrected chi connectivity index (χ1v) is 9.03. The monoisotopic (exact) mass is 381 g/mol. The molecule has 2 fully saturated rings. The van der Waals surface area contributed by atoms with Crippen LogP contribution in [0.1, 0.15) is 24.8 Å². The van der Waals surface area contributed by atoms with E-state index in [4.69, 9.17) is 0 Å². The second-order valence-electron chi connectivity index (χ2n) is 6.49. The smallest absolute Gasteiger partial charge is 0.416 e. The van der Waals surface area contributed by atoms with Crippen molar-refractivity contribution in [2.45, 2.75) is 30.3 Å².